The van der Waals surface area contributed by atoms with Crippen molar-refractivity contribution in [3.63, 3.8) is 0 Å². The summed E-state index contributed by atoms with van der Waals surface area (Å²) in [6.07, 6.45) is 0. The Balaban J connectivity index is 1.59. The molecule has 1 aliphatic rings. The quantitative estimate of drug-likeness (QED) is 0.278. The summed E-state index contributed by atoms with van der Waals surface area (Å²) in [6, 6.07) is 17.9. The van der Waals surface area contributed by atoms with Gasteiger partial charge < -0.3 is 0 Å². The second kappa shape index (κ2) is 6.94. The van der Waals surface area contributed by atoms with E-state index in [9.17, 15) is 14.9 Å². The average molecular weight is 420 g/mol. The number of aromatic nitrogens is 2. The van der Waals surface area contributed by atoms with Crippen LogP contribution in [0.4, 0.5) is 5.69 Å². The third kappa shape index (κ3) is 3.14. The predicted molar refractivity (Wildman–Crippen MR) is 115 cm³/mol. The highest BCUT2D eigenvalue weighted by Crippen LogP contribution is 2.33. The molecule has 7 nitrogen and oxygen atoms in total. The van der Waals surface area contributed by atoms with Crippen LogP contribution in [0.15, 0.2) is 75.7 Å². The van der Waals surface area contributed by atoms with Gasteiger partial charge >= 0.3 is 0 Å². The van der Waals surface area contributed by atoms with Gasteiger partial charge in [0.2, 0.25) is 0 Å². The second-order valence-electron chi connectivity index (χ2n) is 6.35. The Morgan fingerprint density at radius 1 is 1.03 bits per heavy atom. The molecule has 0 N–H and O–H groups in total. The van der Waals surface area contributed by atoms with Gasteiger partial charge in [-0.25, -0.2) is 4.98 Å². The lowest BCUT2D eigenvalue weighted by Gasteiger charge is -2.15. The van der Waals surface area contributed by atoms with E-state index in [0.717, 1.165) is 16.0 Å². The molecule has 2 aromatic heterocycles. The maximum Gasteiger partial charge on any atom is 0.283 e. The fourth-order valence-electron chi connectivity index (χ4n) is 3.08. The van der Waals surface area contributed by atoms with E-state index in [1.807, 2.05) is 36.4 Å². The van der Waals surface area contributed by atoms with Crippen LogP contribution in [0.2, 0.25) is 0 Å². The lowest BCUT2D eigenvalue weighted by Crippen LogP contribution is -2.25. The van der Waals surface area contributed by atoms with Gasteiger partial charge in [-0.2, -0.15) is 9.78 Å². The molecule has 142 valence electrons. The number of hydrogen-bond acceptors (Lipinski definition) is 7. The average Bonchev–Trinajstić information content (AvgIpc) is 3.19. The van der Waals surface area contributed by atoms with Crippen molar-refractivity contribution in [2.75, 3.05) is 5.75 Å². The maximum absolute atomic E-state index is 13.1. The number of nitro groups is 1. The molecule has 0 saturated heterocycles. The molecule has 29 heavy (non-hydrogen) atoms. The van der Waals surface area contributed by atoms with Crippen LogP contribution in [0.5, 0.6) is 0 Å². The van der Waals surface area contributed by atoms with Crippen molar-refractivity contribution in [2.45, 2.75) is 5.16 Å². The van der Waals surface area contributed by atoms with E-state index in [2.05, 4.69) is 10.1 Å². The normalized spacial score (nSPS) is 13.2. The zero-order valence-corrected chi connectivity index (χ0v) is 16.4. The first-order valence-corrected chi connectivity index (χ1v) is 10.5. The molecule has 0 fully saturated rings. The highest BCUT2D eigenvalue weighted by Gasteiger charge is 2.21. The second-order valence-corrected chi connectivity index (χ2v) is 8.32. The van der Waals surface area contributed by atoms with Crippen LogP contribution in [-0.2, 0) is 0 Å². The molecule has 5 rings (SSSR count). The fourth-order valence-corrected chi connectivity index (χ4v) is 5.06. The minimum Gasteiger partial charge on any atom is -0.267 e. The number of benzene rings is 2. The summed E-state index contributed by atoms with van der Waals surface area (Å²) in [5.41, 5.74) is 2.27. The molecule has 0 radical (unpaired) electrons. The third-order valence-corrected chi connectivity index (χ3v) is 6.56. The van der Waals surface area contributed by atoms with Gasteiger partial charge in [0.15, 0.2) is 5.16 Å². The van der Waals surface area contributed by atoms with E-state index in [1.165, 1.54) is 39.9 Å². The van der Waals surface area contributed by atoms with Gasteiger partial charge in [0, 0.05) is 22.8 Å². The Labute approximate surface area is 172 Å². The largest absolute Gasteiger partial charge is 0.283 e. The van der Waals surface area contributed by atoms with Gasteiger partial charge in [0.05, 0.1) is 16.0 Å². The van der Waals surface area contributed by atoms with E-state index in [1.54, 1.807) is 12.1 Å². The predicted octanol–water partition coefficient (Wildman–Crippen LogP) is 4.39. The number of fused-ring (bicyclic) bond motifs is 2. The first-order chi connectivity index (χ1) is 14.1. The Hall–Kier alpha value is -3.30. The summed E-state index contributed by atoms with van der Waals surface area (Å²) in [7, 11) is 0. The Kier molecular flexibility index (Phi) is 4.26. The molecular weight excluding hydrogens is 408 g/mol. The van der Waals surface area contributed by atoms with Gasteiger partial charge in [0.25, 0.3) is 11.2 Å². The molecule has 2 aromatic carbocycles. The zero-order chi connectivity index (χ0) is 20.0. The van der Waals surface area contributed by atoms with E-state index < -0.39 is 4.92 Å². The van der Waals surface area contributed by atoms with Crippen LogP contribution in [0.1, 0.15) is 5.56 Å². The number of nitro benzene ring substituents is 1. The fraction of sp³-hybridized carbons (Fsp3) is 0.0500. The number of hydrogen-bond donors (Lipinski definition) is 0. The number of thioether (sulfide) groups is 1. The van der Waals surface area contributed by atoms with Gasteiger partial charge in [-0.05, 0) is 29.3 Å². The van der Waals surface area contributed by atoms with Crippen LogP contribution in [0, 0.1) is 10.1 Å². The number of thiophene rings is 1. The van der Waals surface area contributed by atoms with Crippen molar-refractivity contribution in [3.05, 3.63) is 86.7 Å². The van der Waals surface area contributed by atoms with Gasteiger partial charge in [-0.1, -0.05) is 42.1 Å². The number of nitrogens with zero attached hydrogens (tertiary/aromatic N) is 4. The lowest BCUT2D eigenvalue weighted by molar-refractivity contribution is -0.384. The van der Waals surface area contributed by atoms with Crippen molar-refractivity contribution >= 4 is 44.7 Å². The molecule has 0 bridgehead atoms. The molecule has 0 unspecified atom stereocenters. The van der Waals surface area contributed by atoms with E-state index in [-0.39, 0.29) is 11.2 Å². The summed E-state index contributed by atoms with van der Waals surface area (Å²) >= 11 is 2.92. The lowest BCUT2D eigenvalue weighted by atomic mass is 10.1. The van der Waals surface area contributed by atoms with Crippen LogP contribution in [0.3, 0.4) is 0 Å². The van der Waals surface area contributed by atoms with Crippen LogP contribution < -0.4 is 5.56 Å². The molecule has 0 saturated carbocycles. The summed E-state index contributed by atoms with van der Waals surface area (Å²) < 4.78 is 1.33. The van der Waals surface area contributed by atoms with Crippen molar-refractivity contribution < 1.29 is 4.92 Å². The molecule has 0 amide bonds. The monoisotopic (exact) mass is 420 g/mol. The summed E-state index contributed by atoms with van der Waals surface area (Å²) in [4.78, 5) is 29.8. The Morgan fingerprint density at radius 2 is 1.79 bits per heavy atom. The summed E-state index contributed by atoms with van der Waals surface area (Å²) in [6.45, 7) is 0. The molecule has 0 aliphatic carbocycles. The summed E-state index contributed by atoms with van der Waals surface area (Å²) in [5, 5.41) is 16.4. The molecule has 0 spiro atoms. The first-order valence-electron chi connectivity index (χ1n) is 8.67. The maximum atomic E-state index is 13.1. The minimum absolute atomic E-state index is 0.0190. The Morgan fingerprint density at radius 3 is 2.52 bits per heavy atom. The van der Waals surface area contributed by atoms with E-state index >= 15 is 0 Å². The number of non-ortho nitro benzene ring substituents is 1. The number of rotatable bonds is 3. The van der Waals surface area contributed by atoms with Crippen LogP contribution >= 0.6 is 23.1 Å². The van der Waals surface area contributed by atoms with E-state index in [0.29, 0.717) is 26.8 Å². The highest BCUT2D eigenvalue weighted by molar-refractivity contribution is 7.99. The molecule has 1 aliphatic heterocycles. The van der Waals surface area contributed by atoms with Gasteiger partial charge in [-0.15, -0.1) is 11.3 Å². The summed E-state index contributed by atoms with van der Waals surface area (Å²) in [5.74, 6) is 0.534. The topological polar surface area (TPSA) is 90.4 Å². The van der Waals surface area contributed by atoms with Crippen molar-refractivity contribution in [1.82, 2.24) is 9.66 Å². The van der Waals surface area contributed by atoms with E-state index in [4.69, 9.17) is 0 Å². The zero-order valence-electron chi connectivity index (χ0n) is 14.8. The van der Waals surface area contributed by atoms with Gasteiger partial charge in [-0.3, -0.25) is 14.9 Å². The minimum atomic E-state index is -0.442. The SMILES string of the molecule is O=c1c2cc(-c3ccccc3)sc2nc2n1N=C(c1ccc([N+](=O)[O-])cc1)CS2. The molecule has 0 atom stereocenters. The van der Waals surface area contributed by atoms with Crippen molar-refractivity contribution in [3.8, 4) is 10.4 Å². The molecule has 4 aromatic rings. The first kappa shape index (κ1) is 17.8. The van der Waals surface area contributed by atoms with Crippen LogP contribution in [0.25, 0.3) is 20.7 Å². The van der Waals surface area contributed by atoms with Gasteiger partial charge in [0.1, 0.15) is 4.83 Å². The van der Waals surface area contributed by atoms with Crippen molar-refractivity contribution in [1.29, 1.82) is 0 Å². The molecule has 3 heterocycles. The van der Waals surface area contributed by atoms with Crippen LogP contribution in [-0.4, -0.2) is 26.0 Å². The standard InChI is InChI=1S/C20H12N4O3S2/c25-19-15-10-17(13-4-2-1-3-5-13)29-18(15)21-20-23(19)22-16(11-28-20)12-6-8-14(9-7-12)24(26)27/h1-10H,11H2. The Bertz CT molecular complexity index is 1340. The van der Waals surface area contributed by atoms with Crippen molar-refractivity contribution in [2.24, 2.45) is 5.10 Å². The molecule has 9 heteroatoms. The third-order valence-electron chi connectivity index (χ3n) is 4.54. The molecular formula is C20H12N4O3S2. The highest BCUT2D eigenvalue weighted by atomic mass is 32.2. The smallest absolute Gasteiger partial charge is 0.267 e.